The van der Waals surface area contributed by atoms with Gasteiger partial charge in [0.1, 0.15) is 0 Å². The summed E-state index contributed by atoms with van der Waals surface area (Å²) in [4.78, 5) is 11.1. The van der Waals surface area contributed by atoms with Crippen molar-refractivity contribution in [3.63, 3.8) is 0 Å². The standard InChI is InChI=1S/C12H19N3O3/c1-14-12(16)4-5-15-9-7-11(18-3)10(17-2)6-8(9)13/h6-7,15H,4-5,13H2,1-3H3,(H,14,16). The van der Waals surface area contributed by atoms with Gasteiger partial charge in [-0.2, -0.15) is 0 Å². The summed E-state index contributed by atoms with van der Waals surface area (Å²) in [5, 5.41) is 5.63. The molecule has 1 aromatic rings. The SMILES string of the molecule is CNC(=O)CCNc1cc(OC)c(OC)cc1N. The predicted octanol–water partition coefficient (Wildman–Crippen LogP) is 0.834. The van der Waals surface area contributed by atoms with E-state index in [0.717, 1.165) is 5.69 Å². The van der Waals surface area contributed by atoms with Gasteiger partial charge in [0.15, 0.2) is 11.5 Å². The first kappa shape index (κ1) is 14.0. The minimum Gasteiger partial charge on any atom is -0.493 e. The number of nitrogens with two attached hydrogens (primary N) is 1. The van der Waals surface area contributed by atoms with Gasteiger partial charge in [-0.25, -0.2) is 0 Å². The largest absolute Gasteiger partial charge is 0.493 e. The second-order valence-electron chi connectivity index (χ2n) is 3.64. The first-order valence-corrected chi connectivity index (χ1v) is 5.58. The van der Waals surface area contributed by atoms with Gasteiger partial charge in [0.2, 0.25) is 5.91 Å². The lowest BCUT2D eigenvalue weighted by atomic mass is 10.2. The van der Waals surface area contributed by atoms with Gasteiger partial charge in [0.25, 0.3) is 0 Å². The maximum atomic E-state index is 11.1. The van der Waals surface area contributed by atoms with Crippen LogP contribution in [0.1, 0.15) is 6.42 Å². The number of carbonyl (C=O) groups is 1. The van der Waals surface area contributed by atoms with Crippen LogP contribution in [-0.4, -0.2) is 33.7 Å². The molecule has 1 amide bonds. The van der Waals surface area contributed by atoms with Crippen LogP contribution in [-0.2, 0) is 4.79 Å². The van der Waals surface area contributed by atoms with E-state index < -0.39 is 0 Å². The smallest absolute Gasteiger partial charge is 0.221 e. The molecule has 0 saturated heterocycles. The Labute approximate surface area is 106 Å². The van der Waals surface area contributed by atoms with Crippen LogP contribution in [0.5, 0.6) is 11.5 Å². The lowest BCUT2D eigenvalue weighted by Gasteiger charge is -2.13. The third-order valence-corrected chi connectivity index (χ3v) is 2.50. The fourth-order valence-corrected chi connectivity index (χ4v) is 1.48. The Hall–Kier alpha value is -2.11. The van der Waals surface area contributed by atoms with E-state index in [2.05, 4.69) is 10.6 Å². The zero-order valence-electron chi connectivity index (χ0n) is 10.9. The number of amides is 1. The molecule has 1 rings (SSSR count). The summed E-state index contributed by atoms with van der Waals surface area (Å²) >= 11 is 0. The molecule has 0 radical (unpaired) electrons. The molecule has 6 nitrogen and oxygen atoms in total. The van der Waals surface area contributed by atoms with Crippen molar-refractivity contribution in [3.8, 4) is 11.5 Å². The van der Waals surface area contributed by atoms with Crippen LogP contribution in [0, 0.1) is 0 Å². The van der Waals surface area contributed by atoms with E-state index in [-0.39, 0.29) is 5.91 Å². The molecule has 6 heteroatoms. The maximum absolute atomic E-state index is 11.1. The van der Waals surface area contributed by atoms with Gasteiger partial charge in [-0.05, 0) is 0 Å². The van der Waals surface area contributed by atoms with Crippen LogP contribution in [0.15, 0.2) is 12.1 Å². The number of rotatable bonds is 6. The quantitative estimate of drug-likeness (QED) is 0.654. The first-order chi connectivity index (χ1) is 8.62. The summed E-state index contributed by atoms with van der Waals surface area (Å²) in [6.07, 6.45) is 0.379. The summed E-state index contributed by atoms with van der Waals surface area (Å²) in [6.45, 7) is 0.499. The minimum absolute atomic E-state index is 0.0263. The van der Waals surface area contributed by atoms with Crippen molar-refractivity contribution >= 4 is 17.3 Å². The summed E-state index contributed by atoms with van der Waals surface area (Å²) in [7, 11) is 4.71. The summed E-state index contributed by atoms with van der Waals surface area (Å²) in [5.74, 6) is 1.14. The van der Waals surface area contributed by atoms with Crippen molar-refractivity contribution in [2.24, 2.45) is 0 Å². The Morgan fingerprint density at radius 2 is 1.89 bits per heavy atom. The van der Waals surface area contributed by atoms with E-state index in [1.54, 1.807) is 33.4 Å². The second-order valence-corrected chi connectivity index (χ2v) is 3.64. The molecule has 0 unspecified atom stereocenters. The van der Waals surface area contributed by atoms with E-state index in [0.29, 0.717) is 30.2 Å². The molecule has 0 saturated carbocycles. The molecule has 0 aromatic heterocycles. The molecule has 0 aliphatic rings. The first-order valence-electron chi connectivity index (χ1n) is 5.58. The molecule has 0 aliphatic carbocycles. The van der Waals surface area contributed by atoms with Gasteiger partial charge in [0.05, 0.1) is 25.6 Å². The van der Waals surface area contributed by atoms with E-state index in [1.165, 1.54) is 0 Å². The van der Waals surface area contributed by atoms with Crippen molar-refractivity contribution in [1.82, 2.24) is 5.32 Å². The van der Waals surface area contributed by atoms with Gasteiger partial charge < -0.3 is 25.8 Å². The van der Waals surface area contributed by atoms with E-state index in [1.807, 2.05) is 0 Å². The number of ether oxygens (including phenoxy) is 2. The average molecular weight is 253 g/mol. The number of anilines is 2. The molecule has 0 bridgehead atoms. The highest BCUT2D eigenvalue weighted by molar-refractivity contribution is 5.77. The fourth-order valence-electron chi connectivity index (χ4n) is 1.48. The zero-order valence-corrected chi connectivity index (χ0v) is 10.9. The van der Waals surface area contributed by atoms with Crippen LogP contribution in [0.25, 0.3) is 0 Å². The van der Waals surface area contributed by atoms with Crippen molar-refractivity contribution in [1.29, 1.82) is 0 Å². The molecule has 0 fully saturated rings. The van der Waals surface area contributed by atoms with E-state index in [4.69, 9.17) is 15.2 Å². The molecule has 100 valence electrons. The molecule has 1 aromatic carbocycles. The van der Waals surface area contributed by atoms with Crippen molar-refractivity contribution in [2.45, 2.75) is 6.42 Å². The topological polar surface area (TPSA) is 85.6 Å². The highest BCUT2D eigenvalue weighted by Gasteiger charge is 2.09. The van der Waals surface area contributed by atoms with Crippen LogP contribution >= 0.6 is 0 Å². The van der Waals surface area contributed by atoms with Crippen LogP contribution in [0.4, 0.5) is 11.4 Å². The van der Waals surface area contributed by atoms with E-state index in [9.17, 15) is 4.79 Å². The molecule has 0 spiro atoms. The Kier molecular flexibility index (Phi) is 5.10. The van der Waals surface area contributed by atoms with Crippen molar-refractivity contribution in [3.05, 3.63) is 12.1 Å². The van der Waals surface area contributed by atoms with Gasteiger partial charge in [-0.3, -0.25) is 4.79 Å². The van der Waals surface area contributed by atoms with Crippen molar-refractivity contribution in [2.75, 3.05) is 38.9 Å². The Morgan fingerprint density at radius 3 is 2.44 bits per heavy atom. The predicted molar refractivity (Wildman–Crippen MR) is 71.1 cm³/mol. The second kappa shape index (κ2) is 6.58. The zero-order chi connectivity index (χ0) is 13.5. The summed E-state index contributed by atoms with van der Waals surface area (Å²) in [6, 6.07) is 3.43. The monoisotopic (exact) mass is 253 g/mol. The molecular weight excluding hydrogens is 234 g/mol. The normalized spacial score (nSPS) is 9.72. The third kappa shape index (κ3) is 3.44. The molecule has 0 heterocycles. The van der Waals surface area contributed by atoms with Crippen LogP contribution in [0.3, 0.4) is 0 Å². The van der Waals surface area contributed by atoms with Crippen molar-refractivity contribution < 1.29 is 14.3 Å². The van der Waals surface area contributed by atoms with Crippen LogP contribution in [0.2, 0.25) is 0 Å². The number of hydrogen-bond acceptors (Lipinski definition) is 5. The number of carbonyl (C=O) groups excluding carboxylic acids is 1. The Morgan fingerprint density at radius 1 is 1.28 bits per heavy atom. The number of hydrogen-bond donors (Lipinski definition) is 3. The molecule has 0 aliphatic heterocycles. The number of nitrogens with one attached hydrogen (secondary N) is 2. The lowest BCUT2D eigenvalue weighted by molar-refractivity contribution is -0.120. The van der Waals surface area contributed by atoms with Gasteiger partial charge in [-0.15, -0.1) is 0 Å². The molecule has 18 heavy (non-hydrogen) atoms. The third-order valence-electron chi connectivity index (χ3n) is 2.50. The lowest BCUT2D eigenvalue weighted by Crippen LogP contribution is -2.21. The number of methoxy groups -OCH3 is 2. The summed E-state index contributed by atoms with van der Waals surface area (Å²) < 4.78 is 10.3. The fraction of sp³-hybridized carbons (Fsp3) is 0.417. The van der Waals surface area contributed by atoms with E-state index >= 15 is 0 Å². The molecule has 4 N–H and O–H groups in total. The maximum Gasteiger partial charge on any atom is 0.221 e. The van der Waals surface area contributed by atoms with Crippen LogP contribution < -0.4 is 25.8 Å². The van der Waals surface area contributed by atoms with Gasteiger partial charge >= 0.3 is 0 Å². The van der Waals surface area contributed by atoms with Gasteiger partial charge in [0, 0.05) is 32.1 Å². The molecule has 0 atom stereocenters. The number of benzene rings is 1. The summed E-state index contributed by atoms with van der Waals surface area (Å²) in [5.41, 5.74) is 7.14. The highest BCUT2D eigenvalue weighted by atomic mass is 16.5. The molecular formula is C12H19N3O3. The Balaban J connectivity index is 2.73. The Bertz CT molecular complexity index is 421. The number of nitrogen functional groups attached to an aromatic ring is 1. The highest BCUT2D eigenvalue weighted by Crippen LogP contribution is 2.34. The van der Waals surface area contributed by atoms with Gasteiger partial charge in [-0.1, -0.05) is 0 Å². The minimum atomic E-state index is -0.0263. The average Bonchev–Trinajstić information content (AvgIpc) is 2.39.